The summed E-state index contributed by atoms with van der Waals surface area (Å²) < 4.78 is 19.9. The Balaban J connectivity index is 1.08. The third-order valence-electron chi connectivity index (χ3n) is 12.5. The van der Waals surface area contributed by atoms with Crippen molar-refractivity contribution in [3.8, 4) is 17.2 Å². The minimum Gasteiger partial charge on any atom is -0.508 e. The van der Waals surface area contributed by atoms with Crippen molar-refractivity contribution >= 4 is 57.7 Å². The number of phenols is 1. The molecule has 12 heteroatoms. The van der Waals surface area contributed by atoms with Crippen LogP contribution >= 0.6 is 11.6 Å². The maximum absolute atomic E-state index is 15.3. The first kappa shape index (κ1) is 35.8. The smallest absolute Gasteiger partial charge is 0.260 e. The Labute approximate surface area is 336 Å². The second kappa shape index (κ2) is 13.2. The van der Waals surface area contributed by atoms with E-state index in [4.69, 9.17) is 16.0 Å². The third-order valence-corrected chi connectivity index (χ3v) is 12.7. The number of fused-ring (bicyclic) bond motifs is 5. The Bertz CT molecular complexity index is 2700. The number of aromatic nitrogens is 1. The summed E-state index contributed by atoms with van der Waals surface area (Å²) in [7, 11) is 0. The van der Waals surface area contributed by atoms with Crippen LogP contribution in [0.2, 0.25) is 5.02 Å². The van der Waals surface area contributed by atoms with E-state index in [9.17, 15) is 23.9 Å². The lowest BCUT2D eigenvalue weighted by Crippen LogP contribution is -2.53. The maximum Gasteiger partial charge on any atom is 0.260 e. The number of aromatic hydroxyl groups is 1. The molecule has 6 atom stereocenters. The van der Waals surface area contributed by atoms with Crippen molar-refractivity contribution in [1.82, 2.24) is 9.99 Å². The number of nitrogens with one attached hydrogen (secondary N) is 1. The maximum atomic E-state index is 15.3. The lowest BCUT2D eigenvalue weighted by molar-refractivity contribution is -0.138. The largest absolute Gasteiger partial charge is 0.508 e. The number of halogens is 2. The lowest BCUT2D eigenvalue weighted by atomic mass is 9.49. The van der Waals surface area contributed by atoms with Crippen molar-refractivity contribution in [3.05, 3.63) is 154 Å². The number of oxazole rings is 1. The van der Waals surface area contributed by atoms with Gasteiger partial charge in [-0.2, -0.15) is 5.01 Å². The number of aryl methyl sites for hydroxylation is 1. The molecule has 2 saturated heterocycles. The van der Waals surface area contributed by atoms with Crippen molar-refractivity contribution in [3.63, 3.8) is 0 Å². The number of allylic oxidation sites excluding steroid dienone is 2. The number of imide groups is 2. The Morgan fingerprint density at radius 2 is 1.60 bits per heavy atom. The van der Waals surface area contributed by atoms with Crippen molar-refractivity contribution in [2.45, 2.75) is 31.1 Å². The number of hydrogen-bond donors (Lipinski definition) is 2. The summed E-state index contributed by atoms with van der Waals surface area (Å²) in [5.41, 5.74) is 6.76. The van der Waals surface area contributed by atoms with Crippen LogP contribution in [0.3, 0.4) is 0 Å². The number of nitrogens with zero attached hydrogens (tertiary/aromatic N) is 3. The van der Waals surface area contributed by atoms with Gasteiger partial charge < -0.3 is 9.52 Å². The SMILES string of the molecule is Cc1cc([C@H]2C3=CC[C@@H]4C(=O)N(c5ccc(-c6nc7ccccc7o6)cc5)C(=O)[C@@H]4[C@@H]3C[C@H]3C(=O)N(Nc4ccc(F)cc4)C(=O)[C@@]23c2ccc(Cl)cc2)ccc1O. The van der Waals surface area contributed by atoms with E-state index in [0.717, 1.165) is 10.6 Å². The first-order valence-corrected chi connectivity index (χ1v) is 19.4. The molecule has 2 N–H and O–H groups in total. The van der Waals surface area contributed by atoms with Crippen LogP contribution in [-0.2, 0) is 24.6 Å². The van der Waals surface area contributed by atoms with Crippen LogP contribution in [0.1, 0.15) is 35.4 Å². The molecule has 1 aromatic heterocycles. The molecule has 5 aromatic carbocycles. The number of carbonyl (C=O) groups excluding carboxylic acids is 4. The molecule has 2 aliphatic heterocycles. The average Bonchev–Trinajstić information content (AvgIpc) is 3.84. The van der Waals surface area contributed by atoms with Crippen LogP contribution in [0.4, 0.5) is 15.8 Å². The van der Waals surface area contributed by atoms with E-state index in [2.05, 4.69) is 10.4 Å². The minimum atomic E-state index is -1.53. The number of hydrogen-bond acceptors (Lipinski definition) is 8. The molecule has 58 heavy (non-hydrogen) atoms. The Hall–Kier alpha value is -6.59. The monoisotopic (exact) mass is 792 g/mol. The molecular formula is C46H34ClFN4O6. The molecule has 10 rings (SSSR count). The molecule has 4 amide bonds. The van der Waals surface area contributed by atoms with Crippen molar-refractivity contribution < 1.29 is 33.1 Å². The molecule has 3 fully saturated rings. The van der Waals surface area contributed by atoms with E-state index < -0.39 is 52.6 Å². The molecule has 10 nitrogen and oxygen atoms in total. The minimum absolute atomic E-state index is 0.0636. The van der Waals surface area contributed by atoms with Crippen LogP contribution in [0.25, 0.3) is 22.6 Å². The highest BCUT2D eigenvalue weighted by Crippen LogP contribution is 2.64. The van der Waals surface area contributed by atoms with Gasteiger partial charge in [-0.25, -0.2) is 9.37 Å². The van der Waals surface area contributed by atoms with Gasteiger partial charge in [-0.3, -0.25) is 29.5 Å². The first-order valence-electron chi connectivity index (χ1n) is 19.0. The molecule has 0 unspecified atom stereocenters. The van der Waals surface area contributed by atoms with E-state index in [0.29, 0.717) is 55.6 Å². The molecule has 6 aromatic rings. The predicted molar refractivity (Wildman–Crippen MR) is 214 cm³/mol. The molecule has 288 valence electrons. The fourth-order valence-electron chi connectivity index (χ4n) is 9.89. The molecular weight excluding hydrogens is 759 g/mol. The summed E-state index contributed by atoms with van der Waals surface area (Å²) in [5, 5.41) is 12.1. The van der Waals surface area contributed by atoms with Gasteiger partial charge in [0.05, 0.1) is 34.5 Å². The second-order valence-corrected chi connectivity index (χ2v) is 15.9. The van der Waals surface area contributed by atoms with Crippen molar-refractivity contribution in [2.75, 3.05) is 10.3 Å². The van der Waals surface area contributed by atoms with Gasteiger partial charge in [-0.1, -0.05) is 59.6 Å². The van der Waals surface area contributed by atoms with Gasteiger partial charge in [0.1, 0.15) is 17.1 Å². The van der Waals surface area contributed by atoms with Gasteiger partial charge in [0, 0.05) is 16.5 Å². The zero-order chi connectivity index (χ0) is 40.0. The van der Waals surface area contributed by atoms with E-state index in [1.165, 1.54) is 29.2 Å². The fraction of sp³-hybridized carbons (Fsp3) is 0.196. The highest BCUT2D eigenvalue weighted by molar-refractivity contribution is 6.30. The topological polar surface area (TPSA) is 133 Å². The molecule has 4 aliphatic rings. The number of rotatable bonds is 6. The number of anilines is 2. The summed E-state index contributed by atoms with van der Waals surface area (Å²) in [6.45, 7) is 1.76. The summed E-state index contributed by atoms with van der Waals surface area (Å²) >= 11 is 6.39. The fourth-order valence-corrected chi connectivity index (χ4v) is 10.0. The lowest BCUT2D eigenvalue weighted by Gasteiger charge is -2.50. The molecule has 0 spiro atoms. The normalized spacial score (nSPS) is 25.2. The van der Waals surface area contributed by atoms with Gasteiger partial charge in [0.2, 0.25) is 17.7 Å². The number of benzene rings is 5. The van der Waals surface area contributed by atoms with Gasteiger partial charge >= 0.3 is 0 Å². The number of phenolic OH excluding ortho intramolecular Hbond substituents is 1. The van der Waals surface area contributed by atoms with Gasteiger partial charge in [0.25, 0.3) is 11.8 Å². The van der Waals surface area contributed by atoms with Gasteiger partial charge in [-0.15, -0.1) is 0 Å². The number of amides is 4. The first-order chi connectivity index (χ1) is 28.0. The second-order valence-electron chi connectivity index (χ2n) is 15.5. The summed E-state index contributed by atoms with van der Waals surface area (Å²) in [4.78, 5) is 65.1. The Morgan fingerprint density at radius 1 is 0.862 bits per heavy atom. The number of hydrazine groups is 1. The van der Waals surface area contributed by atoms with E-state index in [-0.39, 0.29) is 30.4 Å². The van der Waals surface area contributed by atoms with Crippen molar-refractivity contribution in [2.24, 2.45) is 23.7 Å². The molecule has 3 heterocycles. The standard InChI is InChI=1S/C46H34ClFN4O6/c1-24-22-26(8-21-37(24)53)40-32-19-20-33-39(44(56)51(42(33)54)31-17-6-25(7-18-31)41-49-36-4-2-3-5-38(36)58-41)34(32)23-35-43(55)52(50-30-15-13-29(48)14-16-30)45(57)46(35,40)27-9-11-28(47)12-10-27/h2-19,21-22,33-35,39-40,50,53H,20,23H2,1H3/t33-,34+,35-,39-,40-,46+/m0/s1. The zero-order valence-electron chi connectivity index (χ0n) is 30.9. The number of carbonyl (C=O) groups is 4. The quantitative estimate of drug-likeness (QED) is 0.127. The van der Waals surface area contributed by atoms with Crippen LogP contribution in [-0.4, -0.2) is 38.7 Å². The summed E-state index contributed by atoms with van der Waals surface area (Å²) in [6, 6.07) is 31.7. The molecule has 0 bridgehead atoms. The van der Waals surface area contributed by atoms with Gasteiger partial charge in [-0.05, 0) is 121 Å². The summed E-state index contributed by atoms with van der Waals surface area (Å²) in [5.74, 6) is -5.64. The van der Waals surface area contributed by atoms with Crippen molar-refractivity contribution in [1.29, 1.82) is 0 Å². The number of para-hydroxylation sites is 2. The average molecular weight is 793 g/mol. The van der Waals surface area contributed by atoms with Crippen LogP contribution in [0.15, 0.2) is 131 Å². The molecule has 0 radical (unpaired) electrons. The zero-order valence-corrected chi connectivity index (χ0v) is 31.7. The highest BCUT2D eigenvalue weighted by atomic mass is 35.5. The molecule has 2 aliphatic carbocycles. The predicted octanol–water partition coefficient (Wildman–Crippen LogP) is 8.49. The van der Waals surface area contributed by atoms with E-state index >= 15 is 4.79 Å². The van der Waals surface area contributed by atoms with Gasteiger partial charge in [0.15, 0.2) is 5.58 Å². The Kier molecular flexibility index (Phi) is 8.17. The van der Waals surface area contributed by atoms with Crippen LogP contribution in [0.5, 0.6) is 5.75 Å². The van der Waals surface area contributed by atoms with E-state index in [1.54, 1.807) is 67.6 Å². The van der Waals surface area contributed by atoms with Crippen LogP contribution < -0.4 is 10.3 Å². The van der Waals surface area contributed by atoms with E-state index in [1.807, 2.05) is 36.4 Å². The van der Waals surface area contributed by atoms with Crippen LogP contribution in [0, 0.1) is 36.4 Å². The molecule has 1 saturated carbocycles. The Morgan fingerprint density at radius 3 is 2.33 bits per heavy atom. The third kappa shape index (κ3) is 5.26. The summed E-state index contributed by atoms with van der Waals surface area (Å²) in [6.07, 6.45) is 2.32. The highest BCUT2D eigenvalue weighted by Gasteiger charge is 2.70.